The first-order valence-electron chi connectivity index (χ1n) is 11.1. The van der Waals surface area contributed by atoms with Crippen molar-refractivity contribution < 1.29 is 13.9 Å². The summed E-state index contributed by atoms with van der Waals surface area (Å²) in [6.45, 7) is 11.8. The van der Waals surface area contributed by atoms with Crippen LogP contribution in [-0.2, 0) is 5.41 Å². The zero-order chi connectivity index (χ0) is 23.0. The number of fused-ring (bicyclic) bond motifs is 4. The van der Waals surface area contributed by atoms with Crippen LogP contribution in [0.3, 0.4) is 0 Å². The van der Waals surface area contributed by atoms with Crippen LogP contribution in [0.2, 0.25) is 0 Å². The molecule has 0 radical (unpaired) electrons. The number of aliphatic imine (C=N–C) groups is 1. The highest BCUT2D eigenvalue weighted by Gasteiger charge is 2.40. The first-order valence-corrected chi connectivity index (χ1v) is 11.1. The van der Waals surface area contributed by atoms with E-state index < -0.39 is 11.2 Å². The lowest BCUT2D eigenvalue weighted by atomic mass is 9.71. The number of carbonyl (C=O) groups excluding carboxylic acids is 1. The van der Waals surface area contributed by atoms with Gasteiger partial charge in [0.2, 0.25) is 0 Å². The predicted molar refractivity (Wildman–Crippen MR) is 127 cm³/mol. The van der Waals surface area contributed by atoms with Gasteiger partial charge in [-0.25, -0.2) is 4.39 Å². The number of likely N-dealkylation sites (N-methyl/N-ethyl adjacent to an activating group) is 1. The number of nitrogens with zero attached hydrogens (tertiary/aromatic N) is 2. The summed E-state index contributed by atoms with van der Waals surface area (Å²) >= 11 is 0. The van der Waals surface area contributed by atoms with Gasteiger partial charge in [-0.05, 0) is 42.9 Å². The summed E-state index contributed by atoms with van der Waals surface area (Å²) in [5.74, 6) is 0.256. The van der Waals surface area contributed by atoms with Crippen molar-refractivity contribution in [3.8, 4) is 5.75 Å². The minimum absolute atomic E-state index is 0.0911. The zero-order valence-electron chi connectivity index (χ0n) is 19.4. The molecule has 5 nitrogen and oxygen atoms in total. The van der Waals surface area contributed by atoms with E-state index in [1.54, 1.807) is 19.2 Å². The Morgan fingerprint density at radius 2 is 1.94 bits per heavy atom. The molecule has 0 fully saturated rings. The van der Waals surface area contributed by atoms with E-state index >= 15 is 4.39 Å². The maximum Gasteiger partial charge on any atom is 0.195 e. The molecule has 1 aliphatic rings. The van der Waals surface area contributed by atoms with Gasteiger partial charge in [-0.1, -0.05) is 33.8 Å². The predicted octanol–water partition coefficient (Wildman–Crippen LogP) is 4.95. The highest BCUT2D eigenvalue weighted by Crippen LogP contribution is 2.45. The number of aromatic amines is 1. The molecule has 0 aliphatic heterocycles. The van der Waals surface area contributed by atoms with Gasteiger partial charge < -0.3 is 14.6 Å². The zero-order valence-corrected chi connectivity index (χ0v) is 19.4. The standard InChI is InChI=1S/C26H30FN3O2/c1-6-30(7-2)12-13-32-17-9-11-18-20(14-17)26(3,4)25-21(24(18)31)19-10-8-16(15-28-5)22(27)23(19)29-25/h8-11,14-15,29H,6-7,12-13H2,1-5H3. The van der Waals surface area contributed by atoms with Gasteiger partial charge in [-0.3, -0.25) is 9.79 Å². The largest absolute Gasteiger partial charge is 0.492 e. The molecule has 2 aromatic carbocycles. The molecule has 0 bridgehead atoms. The molecule has 1 heterocycles. The Balaban J connectivity index is 1.74. The van der Waals surface area contributed by atoms with Crippen LogP contribution in [0.4, 0.5) is 4.39 Å². The van der Waals surface area contributed by atoms with E-state index in [1.165, 1.54) is 6.21 Å². The van der Waals surface area contributed by atoms with Gasteiger partial charge >= 0.3 is 0 Å². The molecular formula is C26H30FN3O2. The van der Waals surface area contributed by atoms with Gasteiger partial charge in [0.1, 0.15) is 12.4 Å². The Kier molecular flexibility index (Phi) is 5.91. The fourth-order valence-electron chi connectivity index (χ4n) is 4.62. The van der Waals surface area contributed by atoms with Crippen LogP contribution in [0.1, 0.15) is 60.4 Å². The van der Waals surface area contributed by atoms with E-state index in [0.717, 1.165) is 36.6 Å². The van der Waals surface area contributed by atoms with E-state index in [4.69, 9.17) is 4.74 Å². The van der Waals surface area contributed by atoms with Gasteiger partial charge in [0.25, 0.3) is 0 Å². The molecule has 3 aromatic rings. The molecule has 0 atom stereocenters. The number of halogens is 1. The fourth-order valence-corrected chi connectivity index (χ4v) is 4.62. The molecule has 0 saturated carbocycles. The van der Waals surface area contributed by atoms with Crippen LogP contribution in [0.15, 0.2) is 35.3 Å². The Morgan fingerprint density at radius 1 is 1.19 bits per heavy atom. The molecule has 0 saturated heterocycles. The lowest BCUT2D eigenvalue weighted by Crippen LogP contribution is -2.30. The van der Waals surface area contributed by atoms with Crippen LogP contribution < -0.4 is 4.74 Å². The average molecular weight is 436 g/mol. The number of hydrogen-bond donors (Lipinski definition) is 1. The number of benzene rings is 2. The lowest BCUT2D eigenvalue weighted by molar-refractivity contribution is 0.103. The molecule has 1 aliphatic carbocycles. The van der Waals surface area contributed by atoms with Crippen molar-refractivity contribution in [2.24, 2.45) is 4.99 Å². The second kappa shape index (κ2) is 8.51. The molecular weight excluding hydrogens is 405 g/mol. The van der Waals surface area contributed by atoms with E-state index in [1.807, 2.05) is 18.2 Å². The molecule has 0 unspecified atom stereocenters. The van der Waals surface area contributed by atoms with Crippen molar-refractivity contribution in [2.45, 2.75) is 33.1 Å². The van der Waals surface area contributed by atoms with Crippen molar-refractivity contribution in [3.63, 3.8) is 0 Å². The summed E-state index contributed by atoms with van der Waals surface area (Å²) in [5, 5.41) is 0.606. The molecule has 4 rings (SSSR count). The van der Waals surface area contributed by atoms with Crippen molar-refractivity contribution in [2.75, 3.05) is 33.3 Å². The molecule has 6 heteroatoms. The molecule has 0 spiro atoms. The second-order valence-corrected chi connectivity index (χ2v) is 8.69. The number of nitrogens with one attached hydrogen (secondary N) is 1. The van der Waals surface area contributed by atoms with Gasteiger partial charge in [0, 0.05) is 47.4 Å². The van der Waals surface area contributed by atoms with E-state index in [9.17, 15) is 4.79 Å². The van der Waals surface area contributed by atoms with Gasteiger partial charge in [-0.15, -0.1) is 0 Å². The van der Waals surface area contributed by atoms with Gasteiger partial charge in [0.05, 0.1) is 11.1 Å². The first kappa shape index (κ1) is 22.2. The third-order valence-corrected chi connectivity index (χ3v) is 6.54. The third kappa shape index (κ3) is 3.52. The average Bonchev–Trinajstić information content (AvgIpc) is 3.19. The van der Waals surface area contributed by atoms with Gasteiger partial charge in [0.15, 0.2) is 11.6 Å². The molecule has 168 valence electrons. The quantitative estimate of drug-likeness (QED) is 0.535. The SMILES string of the molecule is CCN(CC)CCOc1ccc2c(c1)C(C)(C)c1[nH]c3c(F)c(C=NC)ccc3c1C2=O. The maximum absolute atomic E-state index is 15.1. The van der Waals surface area contributed by atoms with Crippen LogP contribution in [-0.4, -0.2) is 55.2 Å². The van der Waals surface area contributed by atoms with E-state index in [0.29, 0.717) is 34.2 Å². The summed E-state index contributed by atoms with van der Waals surface area (Å²) in [5.41, 5.74) is 3.03. The second-order valence-electron chi connectivity index (χ2n) is 8.69. The third-order valence-electron chi connectivity index (χ3n) is 6.54. The number of carbonyl (C=O) groups is 1. The van der Waals surface area contributed by atoms with Crippen LogP contribution in [0, 0.1) is 5.82 Å². The number of H-pyrrole nitrogens is 1. The van der Waals surface area contributed by atoms with Crippen molar-refractivity contribution >= 4 is 22.9 Å². The summed E-state index contributed by atoms with van der Waals surface area (Å²) in [6.07, 6.45) is 1.48. The molecule has 0 amide bonds. The topological polar surface area (TPSA) is 57.7 Å². The van der Waals surface area contributed by atoms with Gasteiger partial charge in [-0.2, -0.15) is 0 Å². The minimum atomic E-state index is -0.513. The summed E-state index contributed by atoms with van der Waals surface area (Å²) < 4.78 is 21.1. The van der Waals surface area contributed by atoms with Crippen LogP contribution in [0.25, 0.3) is 10.9 Å². The Bertz CT molecular complexity index is 1210. The van der Waals surface area contributed by atoms with E-state index in [2.05, 4.69) is 42.6 Å². The molecule has 1 N–H and O–H groups in total. The van der Waals surface area contributed by atoms with Crippen molar-refractivity contribution in [1.82, 2.24) is 9.88 Å². The van der Waals surface area contributed by atoms with Crippen molar-refractivity contribution in [3.05, 3.63) is 64.1 Å². The Labute approximate surface area is 188 Å². The highest BCUT2D eigenvalue weighted by atomic mass is 19.1. The maximum atomic E-state index is 15.1. The number of ether oxygens (including phenoxy) is 1. The van der Waals surface area contributed by atoms with E-state index in [-0.39, 0.29) is 5.78 Å². The normalized spacial score (nSPS) is 14.9. The van der Waals surface area contributed by atoms with Crippen LogP contribution in [0.5, 0.6) is 5.75 Å². The van der Waals surface area contributed by atoms with Crippen molar-refractivity contribution in [1.29, 1.82) is 0 Å². The highest BCUT2D eigenvalue weighted by molar-refractivity contribution is 6.20. The fraction of sp³-hybridized carbons (Fsp3) is 0.385. The number of rotatable bonds is 7. The summed E-state index contributed by atoms with van der Waals surface area (Å²) in [4.78, 5) is 22.9. The molecule has 1 aromatic heterocycles. The first-order chi connectivity index (χ1) is 15.3. The Morgan fingerprint density at radius 3 is 2.62 bits per heavy atom. The minimum Gasteiger partial charge on any atom is -0.492 e. The number of aromatic nitrogens is 1. The lowest BCUT2D eigenvalue weighted by Gasteiger charge is -2.32. The Hall–Kier alpha value is -2.99. The smallest absolute Gasteiger partial charge is 0.195 e. The number of hydrogen-bond acceptors (Lipinski definition) is 4. The number of ketones is 1. The van der Waals surface area contributed by atoms with Crippen LogP contribution >= 0.6 is 0 Å². The molecule has 32 heavy (non-hydrogen) atoms. The summed E-state index contributed by atoms with van der Waals surface area (Å²) in [6, 6.07) is 9.11. The summed E-state index contributed by atoms with van der Waals surface area (Å²) in [7, 11) is 1.61. The monoisotopic (exact) mass is 435 g/mol.